The molecule has 0 radical (unpaired) electrons. The number of aromatic nitrogens is 3. The van der Waals surface area contributed by atoms with Crippen molar-refractivity contribution in [2.75, 3.05) is 0 Å². The van der Waals surface area contributed by atoms with E-state index in [1.807, 2.05) is 25.1 Å². The molecule has 0 saturated heterocycles. The zero-order valence-electron chi connectivity index (χ0n) is 11.3. The molecule has 2 aromatic heterocycles. The Morgan fingerprint density at radius 1 is 1.19 bits per heavy atom. The third kappa shape index (κ3) is 2.51. The van der Waals surface area contributed by atoms with Gasteiger partial charge in [-0.2, -0.15) is 0 Å². The van der Waals surface area contributed by atoms with E-state index in [1.165, 1.54) is 18.8 Å². The van der Waals surface area contributed by atoms with Gasteiger partial charge in [0.15, 0.2) is 12.2 Å². The summed E-state index contributed by atoms with van der Waals surface area (Å²) in [7, 11) is 0. The molecule has 2 N–H and O–H groups in total. The Morgan fingerprint density at radius 2 is 2.05 bits per heavy atom. The molecule has 0 aliphatic rings. The van der Waals surface area contributed by atoms with Gasteiger partial charge in [0.25, 0.3) is 5.91 Å². The Hall–Kier alpha value is -3.02. The molecule has 3 aromatic rings. The number of benzene rings is 1. The molecule has 0 aliphatic heterocycles. The van der Waals surface area contributed by atoms with Crippen LogP contribution in [0.4, 0.5) is 0 Å². The largest absolute Gasteiger partial charge is 0.444 e. The highest BCUT2D eigenvalue weighted by Gasteiger charge is 2.10. The van der Waals surface area contributed by atoms with E-state index in [-0.39, 0.29) is 5.69 Å². The second kappa shape index (κ2) is 5.16. The van der Waals surface area contributed by atoms with Crippen molar-refractivity contribution in [2.24, 2.45) is 5.73 Å². The summed E-state index contributed by atoms with van der Waals surface area (Å²) in [6.07, 6.45) is 5.94. The fourth-order valence-corrected chi connectivity index (χ4v) is 2.00. The van der Waals surface area contributed by atoms with Crippen molar-refractivity contribution in [1.82, 2.24) is 15.0 Å². The van der Waals surface area contributed by atoms with Crippen molar-refractivity contribution in [3.8, 4) is 22.6 Å². The van der Waals surface area contributed by atoms with E-state index < -0.39 is 5.91 Å². The molecule has 1 amide bonds. The predicted octanol–water partition coefficient (Wildman–Crippen LogP) is 2.21. The van der Waals surface area contributed by atoms with Crippen LogP contribution in [0.1, 0.15) is 16.1 Å². The summed E-state index contributed by atoms with van der Waals surface area (Å²) < 4.78 is 5.29. The van der Waals surface area contributed by atoms with Crippen molar-refractivity contribution in [1.29, 1.82) is 0 Å². The first-order chi connectivity index (χ1) is 10.1. The van der Waals surface area contributed by atoms with Crippen LogP contribution in [0.3, 0.4) is 0 Å². The highest BCUT2D eigenvalue weighted by Crippen LogP contribution is 2.27. The van der Waals surface area contributed by atoms with E-state index >= 15 is 0 Å². The lowest BCUT2D eigenvalue weighted by atomic mass is 10.0. The Balaban J connectivity index is 2.05. The van der Waals surface area contributed by atoms with Crippen LogP contribution in [0, 0.1) is 6.92 Å². The van der Waals surface area contributed by atoms with Gasteiger partial charge in [-0.1, -0.05) is 12.1 Å². The molecule has 2 heterocycles. The SMILES string of the molecule is Cc1ccc(-c2cnco2)cc1-c1cnc(C(N)=O)cn1. The molecule has 0 unspecified atom stereocenters. The minimum Gasteiger partial charge on any atom is -0.444 e. The number of amides is 1. The first kappa shape index (κ1) is 13.0. The van der Waals surface area contributed by atoms with E-state index in [2.05, 4.69) is 15.0 Å². The molecule has 104 valence electrons. The third-order valence-corrected chi connectivity index (χ3v) is 3.13. The molecule has 0 spiro atoms. The highest BCUT2D eigenvalue weighted by atomic mass is 16.3. The molecule has 6 nitrogen and oxygen atoms in total. The maximum atomic E-state index is 11.0. The summed E-state index contributed by atoms with van der Waals surface area (Å²) in [6.45, 7) is 1.98. The summed E-state index contributed by atoms with van der Waals surface area (Å²) >= 11 is 0. The van der Waals surface area contributed by atoms with Gasteiger partial charge in [-0.15, -0.1) is 0 Å². The lowest BCUT2D eigenvalue weighted by molar-refractivity contribution is 0.0995. The van der Waals surface area contributed by atoms with Gasteiger partial charge < -0.3 is 10.2 Å². The van der Waals surface area contributed by atoms with E-state index in [9.17, 15) is 4.79 Å². The van der Waals surface area contributed by atoms with Crippen LogP contribution >= 0.6 is 0 Å². The number of nitrogens with two attached hydrogens (primary N) is 1. The molecule has 0 fully saturated rings. The summed E-state index contributed by atoms with van der Waals surface area (Å²) in [5, 5.41) is 0. The lowest BCUT2D eigenvalue weighted by Gasteiger charge is -2.07. The molecule has 1 aromatic carbocycles. The minimum atomic E-state index is -0.596. The summed E-state index contributed by atoms with van der Waals surface area (Å²) in [5.41, 5.74) is 8.81. The number of carbonyl (C=O) groups is 1. The molecule has 0 aliphatic carbocycles. The van der Waals surface area contributed by atoms with Crippen LogP contribution in [-0.2, 0) is 0 Å². The number of primary amides is 1. The second-order valence-electron chi connectivity index (χ2n) is 4.55. The highest BCUT2D eigenvalue weighted by molar-refractivity contribution is 5.90. The van der Waals surface area contributed by atoms with Crippen LogP contribution in [0.15, 0.2) is 47.6 Å². The van der Waals surface area contributed by atoms with Gasteiger partial charge in [0.05, 0.1) is 24.3 Å². The monoisotopic (exact) mass is 280 g/mol. The molecule has 0 atom stereocenters. The van der Waals surface area contributed by atoms with Gasteiger partial charge in [-0.3, -0.25) is 9.78 Å². The number of nitrogens with zero attached hydrogens (tertiary/aromatic N) is 3. The van der Waals surface area contributed by atoms with Gasteiger partial charge in [0.1, 0.15) is 5.69 Å². The second-order valence-corrected chi connectivity index (χ2v) is 4.55. The average molecular weight is 280 g/mol. The van der Waals surface area contributed by atoms with E-state index in [4.69, 9.17) is 10.2 Å². The zero-order valence-corrected chi connectivity index (χ0v) is 11.3. The number of rotatable bonds is 3. The van der Waals surface area contributed by atoms with Crippen LogP contribution in [0.25, 0.3) is 22.6 Å². The Labute approximate surface area is 120 Å². The fourth-order valence-electron chi connectivity index (χ4n) is 2.00. The van der Waals surface area contributed by atoms with Crippen molar-refractivity contribution in [2.45, 2.75) is 6.92 Å². The van der Waals surface area contributed by atoms with Crippen LogP contribution < -0.4 is 5.73 Å². The lowest BCUT2D eigenvalue weighted by Crippen LogP contribution is -2.13. The Kier molecular flexibility index (Phi) is 3.19. The summed E-state index contributed by atoms with van der Waals surface area (Å²) in [6, 6.07) is 5.87. The fraction of sp³-hybridized carbons (Fsp3) is 0.0667. The topological polar surface area (TPSA) is 94.9 Å². The van der Waals surface area contributed by atoms with Crippen molar-refractivity contribution >= 4 is 5.91 Å². The molecular formula is C15H12N4O2. The standard InChI is InChI=1S/C15H12N4O2/c1-9-2-3-10(14-7-17-8-21-14)4-11(9)12-5-19-13(6-18-12)15(16)20/h2-8H,1H3,(H2,16,20). The van der Waals surface area contributed by atoms with E-state index in [0.29, 0.717) is 11.5 Å². The smallest absolute Gasteiger partial charge is 0.268 e. The van der Waals surface area contributed by atoms with Crippen LogP contribution in [0.5, 0.6) is 0 Å². The molecule has 0 saturated carbocycles. The zero-order chi connectivity index (χ0) is 14.8. The molecular weight excluding hydrogens is 268 g/mol. The van der Waals surface area contributed by atoms with Gasteiger partial charge in [0.2, 0.25) is 0 Å². The number of hydrogen-bond donors (Lipinski definition) is 1. The average Bonchev–Trinajstić information content (AvgIpc) is 3.02. The maximum Gasteiger partial charge on any atom is 0.268 e. The van der Waals surface area contributed by atoms with Gasteiger partial charge in [0, 0.05) is 11.1 Å². The summed E-state index contributed by atoms with van der Waals surface area (Å²) in [5.74, 6) is 0.0825. The van der Waals surface area contributed by atoms with Crippen LogP contribution in [0.2, 0.25) is 0 Å². The molecule has 21 heavy (non-hydrogen) atoms. The Bertz CT molecular complexity index is 780. The third-order valence-electron chi connectivity index (χ3n) is 3.13. The maximum absolute atomic E-state index is 11.0. The normalized spacial score (nSPS) is 10.5. The minimum absolute atomic E-state index is 0.141. The van der Waals surface area contributed by atoms with Crippen molar-refractivity contribution in [3.05, 3.63) is 54.4 Å². The van der Waals surface area contributed by atoms with Crippen molar-refractivity contribution in [3.63, 3.8) is 0 Å². The first-order valence-electron chi connectivity index (χ1n) is 6.27. The van der Waals surface area contributed by atoms with Gasteiger partial charge >= 0.3 is 0 Å². The first-order valence-corrected chi connectivity index (χ1v) is 6.27. The number of oxazole rings is 1. The summed E-state index contributed by atoms with van der Waals surface area (Å²) in [4.78, 5) is 23.2. The number of hydrogen-bond acceptors (Lipinski definition) is 5. The van der Waals surface area contributed by atoms with Crippen LogP contribution in [-0.4, -0.2) is 20.9 Å². The van der Waals surface area contributed by atoms with E-state index in [1.54, 1.807) is 6.20 Å². The van der Waals surface area contributed by atoms with Crippen molar-refractivity contribution < 1.29 is 9.21 Å². The molecule has 3 rings (SSSR count). The molecule has 0 bridgehead atoms. The van der Waals surface area contributed by atoms with Gasteiger partial charge in [-0.05, 0) is 18.6 Å². The number of carbonyl (C=O) groups excluding carboxylic acids is 1. The predicted molar refractivity (Wildman–Crippen MR) is 76.2 cm³/mol. The quantitative estimate of drug-likeness (QED) is 0.793. The van der Waals surface area contributed by atoms with Gasteiger partial charge in [-0.25, -0.2) is 9.97 Å². The molecule has 6 heteroatoms. The Morgan fingerprint density at radius 3 is 2.67 bits per heavy atom. The van der Waals surface area contributed by atoms with E-state index in [0.717, 1.165) is 16.7 Å². The number of aryl methyl sites for hydroxylation is 1.